The van der Waals surface area contributed by atoms with Gasteiger partial charge in [-0.1, -0.05) is 0 Å². The number of anilines is 2. The van der Waals surface area contributed by atoms with E-state index in [4.69, 9.17) is 4.55 Å². The van der Waals surface area contributed by atoms with Gasteiger partial charge in [0.05, 0.1) is 4.90 Å². The lowest BCUT2D eigenvalue weighted by molar-refractivity contribution is 0.482. The van der Waals surface area contributed by atoms with Crippen LogP contribution in [0.5, 0.6) is 0 Å². The van der Waals surface area contributed by atoms with Crippen LogP contribution in [-0.2, 0) is 10.1 Å². The molecule has 0 saturated heterocycles. The standard InChI is InChI=1S/C11H9F2N3O3S/c1-6-4-7(2-3-8(6)20(17,18)19)14-10-5-9(12)15-11(13)16-10/h2-5H,1H3,(H,14,15,16)(H,17,18,19). The predicted molar refractivity (Wildman–Crippen MR) is 66.2 cm³/mol. The van der Waals surface area contributed by atoms with E-state index in [1.807, 2.05) is 0 Å². The Kier molecular flexibility index (Phi) is 3.64. The average molecular weight is 301 g/mol. The highest BCUT2D eigenvalue weighted by Crippen LogP contribution is 2.21. The molecule has 0 saturated carbocycles. The van der Waals surface area contributed by atoms with Crippen LogP contribution in [0.15, 0.2) is 29.2 Å². The fourth-order valence-electron chi connectivity index (χ4n) is 1.62. The number of hydrogen-bond acceptors (Lipinski definition) is 5. The molecule has 0 amide bonds. The third-order valence-electron chi connectivity index (χ3n) is 2.39. The Labute approximate surface area is 113 Å². The molecular weight excluding hydrogens is 292 g/mol. The van der Waals surface area contributed by atoms with Gasteiger partial charge in [-0.15, -0.1) is 0 Å². The van der Waals surface area contributed by atoms with Gasteiger partial charge in [0.15, 0.2) is 0 Å². The van der Waals surface area contributed by atoms with Gasteiger partial charge in [0, 0.05) is 11.8 Å². The van der Waals surface area contributed by atoms with Gasteiger partial charge in [-0.3, -0.25) is 4.55 Å². The Morgan fingerprint density at radius 1 is 1.20 bits per heavy atom. The van der Waals surface area contributed by atoms with E-state index in [0.29, 0.717) is 5.69 Å². The monoisotopic (exact) mass is 301 g/mol. The van der Waals surface area contributed by atoms with Crippen molar-refractivity contribution in [3.05, 3.63) is 41.9 Å². The maximum atomic E-state index is 12.9. The molecule has 2 rings (SSSR count). The molecule has 0 bridgehead atoms. The molecule has 1 aromatic heterocycles. The predicted octanol–water partition coefficient (Wildman–Crippen LogP) is 2.05. The highest BCUT2D eigenvalue weighted by atomic mass is 32.2. The first-order valence-corrected chi connectivity index (χ1v) is 6.75. The lowest BCUT2D eigenvalue weighted by atomic mass is 10.2. The Balaban J connectivity index is 2.33. The first kappa shape index (κ1) is 14.3. The molecule has 106 valence electrons. The molecule has 0 aliphatic rings. The number of aromatic nitrogens is 2. The average Bonchev–Trinajstić information content (AvgIpc) is 2.25. The second kappa shape index (κ2) is 5.10. The normalized spacial score (nSPS) is 11.4. The first-order chi connectivity index (χ1) is 9.25. The SMILES string of the molecule is Cc1cc(Nc2cc(F)nc(F)n2)ccc1S(=O)(=O)O. The minimum Gasteiger partial charge on any atom is -0.340 e. The molecule has 0 spiro atoms. The summed E-state index contributed by atoms with van der Waals surface area (Å²) in [6.45, 7) is 1.47. The van der Waals surface area contributed by atoms with Gasteiger partial charge >= 0.3 is 6.08 Å². The van der Waals surface area contributed by atoms with E-state index in [9.17, 15) is 17.2 Å². The van der Waals surface area contributed by atoms with Crippen LogP contribution >= 0.6 is 0 Å². The molecule has 0 unspecified atom stereocenters. The summed E-state index contributed by atoms with van der Waals surface area (Å²) in [6, 6.07) is 4.77. The summed E-state index contributed by atoms with van der Waals surface area (Å²) in [4.78, 5) is 5.93. The maximum absolute atomic E-state index is 12.9. The summed E-state index contributed by atoms with van der Waals surface area (Å²) >= 11 is 0. The van der Waals surface area contributed by atoms with Crippen molar-refractivity contribution < 1.29 is 21.8 Å². The molecule has 0 radical (unpaired) electrons. The zero-order valence-electron chi connectivity index (χ0n) is 10.1. The molecule has 0 aliphatic carbocycles. The zero-order valence-corrected chi connectivity index (χ0v) is 10.9. The van der Waals surface area contributed by atoms with Gasteiger partial charge in [-0.2, -0.15) is 27.2 Å². The third kappa shape index (κ3) is 3.25. The fraction of sp³-hybridized carbons (Fsp3) is 0.0909. The minimum atomic E-state index is -4.31. The molecule has 0 fully saturated rings. The zero-order chi connectivity index (χ0) is 14.9. The van der Waals surface area contributed by atoms with Crippen molar-refractivity contribution in [1.29, 1.82) is 0 Å². The summed E-state index contributed by atoms with van der Waals surface area (Å²) in [5, 5.41) is 2.60. The number of nitrogens with zero attached hydrogens (tertiary/aromatic N) is 2. The van der Waals surface area contributed by atoms with Gasteiger partial charge in [0.2, 0.25) is 5.95 Å². The Hall–Kier alpha value is -2.13. The van der Waals surface area contributed by atoms with Crippen molar-refractivity contribution in [3.63, 3.8) is 0 Å². The Morgan fingerprint density at radius 2 is 1.90 bits per heavy atom. The van der Waals surface area contributed by atoms with E-state index in [0.717, 1.165) is 6.07 Å². The van der Waals surface area contributed by atoms with Crippen LogP contribution in [0.1, 0.15) is 5.56 Å². The lowest BCUT2D eigenvalue weighted by Crippen LogP contribution is -2.03. The Morgan fingerprint density at radius 3 is 2.45 bits per heavy atom. The summed E-state index contributed by atoms with van der Waals surface area (Å²) in [7, 11) is -4.31. The largest absolute Gasteiger partial charge is 0.340 e. The van der Waals surface area contributed by atoms with Gasteiger partial charge in [-0.05, 0) is 30.7 Å². The highest BCUT2D eigenvalue weighted by molar-refractivity contribution is 7.85. The number of benzene rings is 1. The molecule has 0 aliphatic heterocycles. The van der Waals surface area contributed by atoms with Crippen LogP contribution in [0.2, 0.25) is 0 Å². The van der Waals surface area contributed by atoms with E-state index in [-0.39, 0.29) is 16.3 Å². The Bertz CT molecular complexity index is 745. The minimum absolute atomic E-state index is 0.117. The van der Waals surface area contributed by atoms with Gasteiger partial charge in [0.1, 0.15) is 5.82 Å². The van der Waals surface area contributed by atoms with Crippen LogP contribution in [0.3, 0.4) is 0 Å². The second-order valence-corrected chi connectivity index (χ2v) is 5.32. The second-order valence-electron chi connectivity index (χ2n) is 3.93. The summed E-state index contributed by atoms with van der Waals surface area (Å²) in [5.41, 5.74) is 0.625. The van der Waals surface area contributed by atoms with Crippen molar-refractivity contribution in [2.45, 2.75) is 11.8 Å². The molecule has 2 N–H and O–H groups in total. The van der Waals surface area contributed by atoms with E-state index in [1.54, 1.807) is 0 Å². The van der Waals surface area contributed by atoms with Crippen molar-refractivity contribution in [2.24, 2.45) is 0 Å². The van der Waals surface area contributed by atoms with Gasteiger partial charge in [0.25, 0.3) is 10.1 Å². The molecule has 1 aromatic carbocycles. The molecule has 1 heterocycles. The summed E-state index contributed by atoms with van der Waals surface area (Å²) < 4.78 is 56.7. The van der Waals surface area contributed by atoms with Crippen molar-refractivity contribution in [1.82, 2.24) is 9.97 Å². The van der Waals surface area contributed by atoms with Crippen LogP contribution in [0.4, 0.5) is 20.3 Å². The van der Waals surface area contributed by atoms with Crippen LogP contribution < -0.4 is 5.32 Å². The number of nitrogens with one attached hydrogen (secondary N) is 1. The number of rotatable bonds is 3. The lowest BCUT2D eigenvalue weighted by Gasteiger charge is -2.08. The molecule has 9 heteroatoms. The summed E-state index contributed by atoms with van der Waals surface area (Å²) in [5.74, 6) is -1.15. The molecular formula is C11H9F2N3O3S. The highest BCUT2D eigenvalue weighted by Gasteiger charge is 2.13. The molecule has 6 nitrogen and oxygen atoms in total. The number of aryl methyl sites for hydroxylation is 1. The maximum Gasteiger partial charge on any atom is 0.313 e. The topological polar surface area (TPSA) is 92.2 Å². The van der Waals surface area contributed by atoms with Crippen molar-refractivity contribution in [2.75, 3.05) is 5.32 Å². The summed E-state index contributed by atoms with van der Waals surface area (Å²) in [6.07, 6.45) is -1.22. The number of halogens is 2. The van der Waals surface area contributed by atoms with Crippen molar-refractivity contribution in [3.8, 4) is 0 Å². The van der Waals surface area contributed by atoms with E-state index >= 15 is 0 Å². The van der Waals surface area contributed by atoms with Gasteiger partial charge < -0.3 is 5.32 Å². The van der Waals surface area contributed by atoms with E-state index in [1.165, 1.54) is 25.1 Å². The number of hydrogen-bond donors (Lipinski definition) is 2. The molecule has 20 heavy (non-hydrogen) atoms. The van der Waals surface area contributed by atoms with E-state index < -0.39 is 22.1 Å². The van der Waals surface area contributed by atoms with Crippen LogP contribution in [0, 0.1) is 18.9 Å². The van der Waals surface area contributed by atoms with Crippen LogP contribution in [0.25, 0.3) is 0 Å². The first-order valence-electron chi connectivity index (χ1n) is 5.31. The van der Waals surface area contributed by atoms with E-state index in [2.05, 4.69) is 15.3 Å². The molecule has 0 atom stereocenters. The smallest absolute Gasteiger partial charge is 0.313 e. The van der Waals surface area contributed by atoms with Gasteiger partial charge in [-0.25, -0.2) is 0 Å². The quantitative estimate of drug-likeness (QED) is 0.512. The van der Waals surface area contributed by atoms with Crippen LogP contribution in [-0.4, -0.2) is 22.9 Å². The third-order valence-corrected chi connectivity index (χ3v) is 3.41. The molecule has 2 aromatic rings. The fourth-order valence-corrected chi connectivity index (χ4v) is 2.32. The van der Waals surface area contributed by atoms with Crippen molar-refractivity contribution >= 4 is 21.6 Å².